The van der Waals surface area contributed by atoms with Gasteiger partial charge in [-0.1, -0.05) is 0 Å². The quantitative estimate of drug-likeness (QED) is 0.0168. The number of aliphatic imine (C=N–C) groups is 1. The molecule has 140 heavy (non-hydrogen) atoms. The summed E-state index contributed by atoms with van der Waals surface area (Å²) >= 11 is 6.53. The summed E-state index contributed by atoms with van der Waals surface area (Å²) in [6.45, 7) is 31.9. The van der Waals surface area contributed by atoms with Gasteiger partial charge >= 0.3 is 33.9 Å². The molecule has 8 aliphatic rings. The Kier molecular flexibility index (Phi) is 32.7. The van der Waals surface area contributed by atoms with Gasteiger partial charge in [-0.15, -0.1) is 12.4 Å². The number of nitriles is 3. The molecule has 44 heteroatoms. The van der Waals surface area contributed by atoms with Crippen LogP contribution in [0.1, 0.15) is 84.7 Å². The third kappa shape index (κ3) is 25.6. The van der Waals surface area contributed by atoms with Crippen LogP contribution in [0, 0.1) is 87.3 Å². The van der Waals surface area contributed by atoms with E-state index in [9.17, 15) is 50.9 Å². The molecule has 8 atom stereocenters. The third-order valence-electron chi connectivity index (χ3n) is 24.3. The van der Waals surface area contributed by atoms with E-state index in [0.29, 0.717) is 59.7 Å². The number of pyridine rings is 7. The predicted molar refractivity (Wildman–Crippen MR) is 530 cm³/mol. The number of hydrogen-bond acceptors (Lipinski definition) is 29. The number of allylic oxidation sites excluding steroid dienone is 2. The van der Waals surface area contributed by atoms with Crippen LogP contribution in [0.15, 0.2) is 173 Å². The van der Waals surface area contributed by atoms with Crippen molar-refractivity contribution >= 4 is 119 Å². The predicted octanol–water partition coefficient (Wildman–Crippen LogP) is 14.1. The fourth-order valence-electron chi connectivity index (χ4n) is 17.8. The van der Waals surface area contributed by atoms with E-state index in [1.54, 1.807) is 42.9 Å². The number of carbonyl (C=O) groups excluding carboxylic acids is 3. The lowest BCUT2D eigenvalue weighted by Gasteiger charge is -2.26. The lowest BCUT2D eigenvalue weighted by Crippen LogP contribution is -2.37. The molecule has 19 rings (SSSR count). The summed E-state index contributed by atoms with van der Waals surface area (Å²) in [6, 6.07) is 30.2. The van der Waals surface area contributed by atoms with E-state index in [1.807, 2.05) is 171 Å². The van der Waals surface area contributed by atoms with Crippen molar-refractivity contribution in [2.24, 2.45) is 77.9 Å². The molecule has 0 spiro atoms. The van der Waals surface area contributed by atoms with Crippen LogP contribution in [-0.4, -0.2) is 245 Å². The number of alkyl halides is 3. The van der Waals surface area contributed by atoms with Crippen molar-refractivity contribution in [3.8, 4) is 68.7 Å². The van der Waals surface area contributed by atoms with Gasteiger partial charge in [0.25, 0.3) is 0 Å². The highest BCUT2D eigenvalue weighted by molar-refractivity contribution is 9.10. The topological polar surface area (TPSA) is 436 Å². The number of anilines is 3. The lowest BCUT2D eigenvalue weighted by molar-refractivity contribution is -0.0500. The van der Waals surface area contributed by atoms with Gasteiger partial charge in [-0.25, -0.2) is 43.4 Å². The van der Waals surface area contributed by atoms with Crippen LogP contribution in [0.25, 0.3) is 67.1 Å². The minimum Gasteiger partial charge on any atom is -0.444 e. The molecule has 3 amide bonds. The highest BCUT2D eigenvalue weighted by atomic mass is 79.9. The van der Waals surface area contributed by atoms with Crippen LogP contribution >= 0.6 is 44.3 Å². The molecule has 8 aliphatic heterocycles. The van der Waals surface area contributed by atoms with Gasteiger partial charge in [-0.2, -0.15) is 62.2 Å². The Bertz CT molecular complexity index is 6550. The molecule has 8 fully saturated rings. The Morgan fingerprint density at radius 2 is 0.907 bits per heavy atom. The van der Waals surface area contributed by atoms with Crippen LogP contribution in [0.4, 0.5) is 49.4 Å². The van der Waals surface area contributed by atoms with Gasteiger partial charge in [0.15, 0.2) is 5.75 Å². The summed E-state index contributed by atoms with van der Waals surface area (Å²) in [5, 5.41) is 52.9. The number of fused-ring (bicyclic) bond motifs is 6. The molecule has 0 unspecified atom stereocenters. The number of halogens is 7. The maximum absolute atomic E-state index is 12.6. The Morgan fingerprint density at radius 1 is 0.521 bits per heavy atom. The second-order valence-corrected chi connectivity index (χ2v) is 41.3. The Balaban J connectivity index is 0.000000148. The lowest BCUT2D eigenvalue weighted by atomic mass is 10.0. The van der Waals surface area contributed by atoms with Crippen LogP contribution < -0.4 is 41.0 Å². The minimum absolute atomic E-state index is 0. The fraction of sp³-hybridized carbons (Fsp3) is 0.417. The van der Waals surface area contributed by atoms with E-state index in [2.05, 4.69) is 138 Å². The molecule has 19 heterocycles. The number of nitrogens with one attached hydrogen (secondary N) is 2. The van der Waals surface area contributed by atoms with E-state index in [0.717, 1.165) is 204 Å². The van der Waals surface area contributed by atoms with E-state index in [4.69, 9.17) is 40.9 Å². The van der Waals surface area contributed by atoms with Crippen LogP contribution in [0.2, 0.25) is 0 Å². The number of aryl methyl sites for hydroxylation is 2. The highest BCUT2D eigenvalue weighted by Crippen LogP contribution is 2.41. The smallest absolute Gasteiger partial charge is 0.444 e. The normalized spacial score (nSPS) is 19.8. The second-order valence-electron chi connectivity index (χ2n) is 37.9. The fourth-order valence-corrected chi connectivity index (χ4v) is 18.7. The summed E-state index contributed by atoms with van der Waals surface area (Å²) in [6.07, 6.45) is 21.7. The monoisotopic (exact) mass is 2090 g/mol. The highest BCUT2D eigenvalue weighted by Gasteiger charge is 2.50. The summed E-state index contributed by atoms with van der Waals surface area (Å²) in [4.78, 5) is 73.8. The van der Waals surface area contributed by atoms with Gasteiger partial charge < -0.3 is 69.9 Å². The number of aromatic nitrogens is 13. The molecule has 738 valence electrons. The first kappa shape index (κ1) is 104. The molecule has 0 aliphatic carbocycles. The summed E-state index contributed by atoms with van der Waals surface area (Å²) in [5.41, 5.74) is 12.9. The number of ether oxygens (including phenoxy) is 3. The number of nitrogens with two attached hydrogens (primary N) is 2. The van der Waals surface area contributed by atoms with Crippen molar-refractivity contribution in [2.45, 2.75) is 84.6 Å². The van der Waals surface area contributed by atoms with Gasteiger partial charge in [0.1, 0.15) is 58.2 Å². The molecule has 8 saturated heterocycles. The Morgan fingerprint density at radius 3 is 1.24 bits per heavy atom. The van der Waals surface area contributed by atoms with Gasteiger partial charge in [0.05, 0.1) is 51.5 Å². The van der Waals surface area contributed by atoms with Crippen molar-refractivity contribution in [3.05, 3.63) is 197 Å². The Labute approximate surface area is 831 Å². The van der Waals surface area contributed by atoms with E-state index in [1.165, 1.54) is 31.6 Å². The SMILES string of the molecule is CC(C)(C)OC(=O)N1C[C@@H]2CN(c3ccc(Br)cn3)C[C@@H]2C1.CC(C)(C)OC(=O)N1C[C@H]2CNC[C@H]2C1.CN=CC=C(N)c1cnc(C(C#N)=CN)c(OS(=O)(=O)C(F)(F)F)c1.Cl.Cn1ccc(-c2cc(-c3ccc(N4C[C@H]5CN(C(=O)OC(C)(C)C)C[C@H]5C4)nc3)c3c(C#N)cnn3c2)n1.Cn1ccc(-c2cc(-c3ccc(N4C[C@H]5CNC[C@H]5C4)nc3)c3c(C#N)cnn3c2)n1.Fc1ccc(Br)cn1. The zero-order valence-electron chi connectivity index (χ0n) is 79.2. The van der Waals surface area contributed by atoms with Crippen molar-refractivity contribution in [3.63, 3.8) is 0 Å². The molecular formula is C96H110Br2ClF4N27O9S. The number of carbonyl (C=O) groups is 3. The van der Waals surface area contributed by atoms with Crippen LogP contribution in [0.3, 0.4) is 0 Å². The molecule has 0 aromatic carbocycles. The molecule has 11 aromatic heterocycles. The largest absolute Gasteiger partial charge is 0.534 e. The minimum atomic E-state index is -5.99. The van der Waals surface area contributed by atoms with E-state index < -0.39 is 49.8 Å². The van der Waals surface area contributed by atoms with Crippen molar-refractivity contribution < 1.29 is 58.8 Å². The first-order chi connectivity index (χ1) is 66.0. The van der Waals surface area contributed by atoms with Gasteiger partial charge in [0.2, 0.25) is 5.95 Å². The summed E-state index contributed by atoms with van der Waals surface area (Å²) in [7, 11) is -0.745. The summed E-state index contributed by atoms with van der Waals surface area (Å²) in [5.74, 6) is 6.20. The average molecular weight is 2090 g/mol. The van der Waals surface area contributed by atoms with E-state index in [-0.39, 0.29) is 47.5 Å². The van der Waals surface area contributed by atoms with E-state index >= 15 is 0 Å². The zero-order valence-corrected chi connectivity index (χ0v) is 84.0. The number of hydrogen-bond donors (Lipinski definition) is 4. The Hall–Kier alpha value is -13.4. The number of amides is 3. The first-order valence-electron chi connectivity index (χ1n) is 45.0. The molecule has 36 nitrogen and oxygen atoms in total. The molecule has 0 bridgehead atoms. The molecule has 0 saturated carbocycles. The van der Waals surface area contributed by atoms with Gasteiger partial charge in [-0.05, 0) is 203 Å². The maximum atomic E-state index is 12.6. The zero-order chi connectivity index (χ0) is 99.7. The molecule has 0 radical (unpaired) electrons. The average Bonchev–Trinajstić information content (AvgIpc) is 1.82. The summed E-state index contributed by atoms with van der Waals surface area (Å²) < 4.78 is 101. The number of nitrogens with zero attached hydrogens (tertiary/aromatic N) is 23. The molecule has 6 N–H and O–H groups in total. The molecular weight excluding hydrogens is 1980 g/mol. The molecule has 11 aromatic rings. The van der Waals surface area contributed by atoms with Crippen LogP contribution in [-0.2, 0) is 38.4 Å². The van der Waals surface area contributed by atoms with Gasteiger partial charge in [0, 0.05) is 271 Å². The standard InChI is InChI=1S/C28H30N8O2.C23H22N8.C16H22BrN3O2.C13H12F3N5O3S.C11H20N2O2.C5H3BrFN.ClH/c1-28(2,3)38-27(37)35-15-21-13-34(14-22(21)16-35)25-6-5-18(11-30-25)23-9-19(24-7-8-33(4)32-24)17-36-26(23)20(10-29)12-31-36;1-29-5-4-21(28-29)16-6-20(23-17(7-24)11-27-31(23)14-16)15-2-3-22(26-10-15)30-12-18-8-25-9-19(18)13-30;1-16(2,3)22-15(21)20-9-11-7-19(8-12(11)10-20)14-5-4-13(17)6-18-14;1-20-3-2-10(19)8-4-11(24-25(22,23)13(14,15)16)12(21-7-8)9(5-17)6-18;1-11(2,3)15-10(14)13-6-8-4-12-5-9(8)7-13;6-4-1-2-5(7)8-3-4;/h5-9,11-12,17,21-22H,13-16H2,1-4H3;2-6,10-11,14,18-19,25H,8-9,12-13H2,1H3;4-6,11-12H,7-10H2,1-3H3;2-5,7H,17,19H2,1H3;8-9,12H,4-7H2,1-3H3;1-3H;1H/t21-,22+;18-,19+;11-,12+;;8-,9+;;. The second kappa shape index (κ2) is 44.0. The van der Waals surface area contributed by atoms with Gasteiger partial charge in [-0.3, -0.25) is 19.3 Å². The van der Waals surface area contributed by atoms with Crippen molar-refractivity contribution in [1.82, 2.24) is 89.0 Å². The first-order valence-corrected chi connectivity index (χ1v) is 48.0. The van der Waals surface area contributed by atoms with Crippen LogP contribution in [0.5, 0.6) is 5.75 Å². The van der Waals surface area contributed by atoms with Crippen molar-refractivity contribution in [1.29, 1.82) is 15.8 Å². The van der Waals surface area contributed by atoms with Crippen molar-refractivity contribution in [2.75, 3.05) is 126 Å². The maximum Gasteiger partial charge on any atom is 0.534 e. The number of rotatable bonds is 12. The number of likely N-dealkylation sites (tertiary alicyclic amines) is 3. The third-order valence-corrected chi connectivity index (χ3v) is 26.2.